The Balaban J connectivity index is 1.24. The van der Waals surface area contributed by atoms with Crippen molar-refractivity contribution in [1.82, 2.24) is 4.98 Å². The van der Waals surface area contributed by atoms with Gasteiger partial charge in [-0.1, -0.05) is 133 Å². The molecule has 8 rings (SSSR count). The van der Waals surface area contributed by atoms with Gasteiger partial charge in [0.05, 0.1) is 5.69 Å². The third-order valence-electron chi connectivity index (χ3n) is 8.62. The van der Waals surface area contributed by atoms with Gasteiger partial charge in [-0.3, -0.25) is 4.98 Å². The quantitative estimate of drug-likeness (QED) is 0.200. The maximum absolute atomic E-state index is 4.58. The molecule has 1 nitrogen and oxygen atoms in total. The summed E-state index contributed by atoms with van der Waals surface area (Å²) in [6, 6.07) is 55.0. The van der Waals surface area contributed by atoms with Crippen LogP contribution < -0.4 is 0 Å². The number of hydrogen-bond donors (Lipinski definition) is 0. The van der Waals surface area contributed by atoms with Gasteiger partial charge in [0.2, 0.25) is 0 Å². The molecular weight excluding hydrogens is 518 g/mol. The molecule has 8 aromatic rings. The summed E-state index contributed by atoms with van der Waals surface area (Å²) < 4.78 is 0. The van der Waals surface area contributed by atoms with Crippen LogP contribution in [0.4, 0.5) is 0 Å². The molecular formula is C42H29N. The predicted molar refractivity (Wildman–Crippen MR) is 183 cm³/mol. The van der Waals surface area contributed by atoms with Crippen molar-refractivity contribution in [2.75, 3.05) is 0 Å². The van der Waals surface area contributed by atoms with E-state index in [-0.39, 0.29) is 0 Å². The van der Waals surface area contributed by atoms with Crippen molar-refractivity contribution >= 4 is 32.3 Å². The Kier molecular flexibility index (Phi) is 6.09. The maximum Gasteiger partial charge on any atom is 0.0731 e. The van der Waals surface area contributed by atoms with Gasteiger partial charge in [-0.2, -0.15) is 0 Å². The van der Waals surface area contributed by atoms with Crippen LogP contribution in [0.15, 0.2) is 158 Å². The SMILES string of the molecule is Cc1cccnc1-c1ccc(-c2ccc3cc(-c4c5ccccc5c(-c5ccccc5)c5ccccc45)ccc3c2)cc1. The predicted octanol–water partition coefficient (Wildman–Crippen LogP) is 11.5. The molecule has 0 spiro atoms. The fourth-order valence-corrected chi connectivity index (χ4v) is 6.54. The summed E-state index contributed by atoms with van der Waals surface area (Å²) in [6.07, 6.45) is 1.86. The molecule has 0 radical (unpaired) electrons. The number of hydrogen-bond acceptors (Lipinski definition) is 1. The molecule has 0 saturated carbocycles. The van der Waals surface area contributed by atoms with E-state index in [2.05, 4.69) is 158 Å². The van der Waals surface area contributed by atoms with E-state index >= 15 is 0 Å². The van der Waals surface area contributed by atoms with Crippen molar-refractivity contribution in [2.45, 2.75) is 6.92 Å². The first-order valence-electron chi connectivity index (χ1n) is 14.8. The van der Waals surface area contributed by atoms with Crippen molar-refractivity contribution in [1.29, 1.82) is 0 Å². The molecule has 0 N–H and O–H groups in total. The van der Waals surface area contributed by atoms with Crippen LogP contribution in [0, 0.1) is 6.92 Å². The van der Waals surface area contributed by atoms with Gasteiger partial charge in [-0.25, -0.2) is 0 Å². The number of rotatable bonds is 4. The molecule has 0 aliphatic carbocycles. The molecule has 7 aromatic carbocycles. The minimum atomic E-state index is 1.04. The largest absolute Gasteiger partial charge is 0.256 e. The van der Waals surface area contributed by atoms with Gasteiger partial charge in [0.1, 0.15) is 0 Å². The maximum atomic E-state index is 4.58. The summed E-state index contributed by atoms with van der Waals surface area (Å²) in [4.78, 5) is 4.58. The molecule has 0 bridgehead atoms. The zero-order valence-electron chi connectivity index (χ0n) is 24.0. The zero-order valence-corrected chi connectivity index (χ0v) is 24.0. The summed E-state index contributed by atoms with van der Waals surface area (Å²) in [5.74, 6) is 0. The summed E-state index contributed by atoms with van der Waals surface area (Å²) in [7, 11) is 0. The summed E-state index contributed by atoms with van der Waals surface area (Å²) in [5, 5.41) is 7.59. The molecule has 43 heavy (non-hydrogen) atoms. The molecule has 0 fully saturated rings. The molecule has 0 amide bonds. The minimum Gasteiger partial charge on any atom is -0.256 e. The number of nitrogens with zero attached hydrogens (tertiary/aromatic N) is 1. The van der Waals surface area contributed by atoms with Gasteiger partial charge in [-0.15, -0.1) is 0 Å². The molecule has 1 aromatic heterocycles. The average molecular weight is 548 g/mol. The van der Waals surface area contributed by atoms with Crippen LogP contribution in [0.2, 0.25) is 0 Å². The number of fused-ring (bicyclic) bond motifs is 3. The van der Waals surface area contributed by atoms with Crippen LogP contribution in [0.3, 0.4) is 0 Å². The van der Waals surface area contributed by atoms with Crippen LogP contribution in [0.1, 0.15) is 5.56 Å². The third kappa shape index (κ3) is 4.38. The van der Waals surface area contributed by atoms with Gasteiger partial charge in [-0.05, 0) is 96.4 Å². The van der Waals surface area contributed by atoms with Crippen LogP contribution in [0.25, 0.3) is 77.0 Å². The molecule has 0 saturated heterocycles. The number of benzene rings is 7. The Morgan fingerprint density at radius 3 is 1.47 bits per heavy atom. The minimum absolute atomic E-state index is 1.04. The van der Waals surface area contributed by atoms with Crippen molar-refractivity contribution in [3.63, 3.8) is 0 Å². The first-order chi connectivity index (χ1) is 21.2. The molecule has 0 aliphatic heterocycles. The van der Waals surface area contributed by atoms with E-state index in [4.69, 9.17) is 0 Å². The highest BCUT2D eigenvalue weighted by Gasteiger charge is 2.16. The third-order valence-corrected chi connectivity index (χ3v) is 8.62. The van der Waals surface area contributed by atoms with Crippen molar-refractivity contribution < 1.29 is 0 Å². The lowest BCUT2D eigenvalue weighted by Crippen LogP contribution is -1.91. The highest BCUT2D eigenvalue weighted by molar-refractivity contribution is 6.21. The van der Waals surface area contributed by atoms with Gasteiger partial charge >= 0.3 is 0 Å². The van der Waals surface area contributed by atoms with E-state index in [0.717, 1.165) is 11.3 Å². The molecule has 1 heterocycles. The zero-order chi connectivity index (χ0) is 28.8. The lowest BCUT2D eigenvalue weighted by molar-refractivity contribution is 1.27. The van der Waals surface area contributed by atoms with Crippen molar-refractivity contribution in [2.24, 2.45) is 0 Å². The van der Waals surface area contributed by atoms with Crippen molar-refractivity contribution in [3.8, 4) is 44.6 Å². The lowest BCUT2D eigenvalue weighted by atomic mass is 9.85. The van der Waals surface area contributed by atoms with Gasteiger partial charge in [0, 0.05) is 11.8 Å². The van der Waals surface area contributed by atoms with E-state index in [1.165, 1.54) is 71.3 Å². The Bertz CT molecular complexity index is 2220. The average Bonchev–Trinajstić information content (AvgIpc) is 3.07. The standard InChI is InChI=1S/C42H29N/c1-28-10-9-25-43-42(28)31-19-17-29(18-20-31)32-21-22-34-27-35(24-23-33(34)26-32)41-38-15-7-5-13-36(38)40(30-11-3-2-4-12-30)37-14-6-8-16-39(37)41/h2-27H,1H3. The Morgan fingerprint density at radius 2 is 0.860 bits per heavy atom. The number of aromatic nitrogens is 1. The van der Waals surface area contributed by atoms with Gasteiger partial charge < -0.3 is 0 Å². The normalized spacial score (nSPS) is 11.4. The fourth-order valence-electron chi connectivity index (χ4n) is 6.54. The fraction of sp³-hybridized carbons (Fsp3) is 0.0238. The molecule has 0 aliphatic rings. The lowest BCUT2D eigenvalue weighted by Gasteiger charge is -2.18. The van der Waals surface area contributed by atoms with Crippen LogP contribution in [0.5, 0.6) is 0 Å². The first-order valence-corrected chi connectivity index (χ1v) is 14.8. The molecule has 1 heteroatoms. The Labute approximate surface area is 251 Å². The highest BCUT2D eigenvalue weighted by atomic mass is 14.7. The Hall–Kier alpha value is -5.53. The van der Waals surface area contributed by atoms with E-state index in [1.807, 2.05) is 12.3 Å². The molecule has 0 atom stereocenters. The van der Waals surface area contributed by atoms with E-state index < -0.39 is 0 Å². The monoisotopic (exact) mass is 547 g/mol. The van der Waals surface area contributed by atoms with Crippen LogP contribution in [-0.4, -0.2) is 4.98 Å². The number of aryl methyl sites for hydroxylation is 1. The highest BCUT2D eigenvalue weighted by Crippen LogP contribution is 2.44. The first kappa shape index (κ1) is 25.2. The van der Waals surface area contributed by atoms with Crippen LogP contribution >= 0.6 is 0 Å². The second kappa shape index (κ2) is 10.4. The smallest absolute Gasteiger partial charge is 0.0731 e. The number of pyridine rings is 1. The van der Waals surface area contributed by atoms with E-state index in [1.54, 1.807) is 0 Å². The summed E-state index contributed by atoms with van der Waals surface area (Å²) in [6.45, 7) is 2.11. The summed E-state index contributed by atoms with van der Waals surface area (Å²) >= 11 is 0. The van der Waals surface area contributed by atoms with Crippen molar-refractivity contribution in [3.05, 3.63) is 163 Å². The van der Waals surface area contributed by atoms with E-state index in [9.17, 15) is 0 Å². The second-order valence-electron chi connectivity index (χ2n) is 11.2. The molecule has 0 unspecified atom stereocenters. The van der Waals surface area contributed by atoms with Crippen LogP contribution in [-0.2, 0) is 0 Å². The second-order valence-corrected chi connectivity index (χ2v) is 11.2. The van der Waals surface area contributed by atoms with Gasteiger partial charge in [0.25, 0.3) is 0 Å². The van der Waals surface area contributed by atoms with E-state index in [0.29, 0.717) is 0 Å². The molecule has 202 valence electrons. The summed E-state index contributed by atoms with van der Waals surface area (Å²) in [5.41, 5.74) is 10.9. The Morgan fingerprint density at radius 1 is 0.372 bits per heavy atom. The van der Waals surface area contributed by atoms with Gasteiger partial charge in [0.15, 0.2) is 0 Å². The topological polar surface area (TPSA) is 12.9 Å².